The Hall–Kier alpha value is -3.09. The molecule has 2 aromatic rings. The first kappa shape index (κ1) is 21.6. The Morgan fingerprint density at radius 2 is 1.73 bits per heavy atom. The SMILES string of the molecule is COc1cc(C(=O)Nc2cc(N3CCCC[C@@H]3C)c(C)cc2N)cc(OC)c1OC. The molecule has 0 aliphatic carbocycles. The first-order valence-corrected chi connectivity index (χ1v) is 10.2. The lowest BCUT2D eigenvalue weighted by molar-refractivity contribution is 0.102. The number of anilines is 3. The van der Waals surface area contributed by atoms with Gasteiger partial charge in [-0.25, -0.2) is 0 Å². The van der Waals surface area contributed by atoms with E-state index >= 15 is 0 Å². The number of methoxy groups -OCH3 is 3. The summed E-state index contributed by atoms with van der Waals surface area (Å²) in [6.45, 7) is 5.30. The standard InChI is InChI=1S/C23H31N3O4/c1-14-10-17(24)18(13-19(14)26-9-7-6-8-15(26)2)25-23(27)16-11-20(28-3)22(30-5)21(12-16)29-4/h10-13,15H,6-9,24H2,1-5H3,(H,25,27)/t15-/m0/s1. The summed E-state index contributed by atoms with van der Waals surface area (Å²) >= 11 is 0. The van der Waals surface area contributed by atoms with Crippen molar-refractivity contribution in [2.75, 3.05) is 43.8 Å². The third-order valence-corrected chi connectivity index (χ3v) is 5.66. The van der Waals surface area contributed by atoms with E-state index in [1.54, 1.807) is 12.1 Å². The zero-order valence-electron chi connectivity index (χ0n) is 18.4. The lowest BCUT2D eigenvalue weighted by atomic mass is 10.0. The van der Waals surface area contributed by atoms with E-state index < -0.39 is 0 Å². The van der Waals surface area contributed by atoms with Crippen LogP contribution in [0.5, 0.6) is 17.2 Å². The van der Waals surface area contributed by atoms with Crippen molar-refractivity contribution in [1.82, 2.24) is 0 Å². The molecule has 1 fully saturated rings. The van der Waals surface area contributed by atoms with Crippen molar-refractivity contribution in [1.29, 1.82) is 0 Å². The van der Waals surface area contributed by atoms with Crippen LogP contribution in [0.1, 0.15) is 42.1 Å². The van der Waals surface area contributed by atoms with Gasteiger partial charge >= 0.3 is 0 Å². The predicted octanol–water partition coefficient (Wildman–Crippen LogP) is 4.23. The van der Waals surface area contributed by atoms with Gasteiger partial charge in [0.05, 0.1) is 32.7 Å². The Morgan fingerprint density at radius 3 is 2.30 bits per heavy atom. The lowest BCUT2D eigenvalue weighted by Crippen LogP contribution is -2.37. The van der Waals surface area contributed by atoms with E-state index in [0.29, 0.717) is 40.2 Å². The van der Waals surface area contributed by atoms with Crippen molar-refractivity contribution in [3.63, 3.8) is 0 Å². The normalized spacial score (nSPS) is 16.2. The number of benzene rings is 2. The van der Waals surface area contributed by atoms with Gasteiger partial charge in [-0.1, -0.05) is 0 Å². The number of carbonyl (C=O) groups excluding carboxylic acids is 1. The number of hydrogen-bond donors (Lipinski definition) is 2. The molecular formula is C23H31N3O4. The monoisotopic (exact) mass is 413 g/mol. The fourth-order valence-electron chi connectivity index (χ4n) is 4.00. The highest BCUT2D eigenvalue weighted by Gasteiger charge is 2.22. The molecule has 0 aromatic heterocycles. The maximum absolute atomic E-state index is 13.0. The summed E-state index contributed by atoms with van der Waals surface area (Å²) in [5.41, 5.74) is 9.95. The zero-order chi connectivity index (χ0) is 21.8. The Kier molecular flexibility index (Phi) is 6.59. The van der Waals surface area contributed by atoms with Gasteiger partial charge in [-0.3, -0.25) is 4.79 Å². The molecule has 7 heteroatoms. The van der Waals surface area contributed by atoms with Gasteiger partial charge in [0.15, 0.2) is 11.5 Å². The Bertz CT molecular complexity index is 904. The minimum absolute atomic E-state index is 0.303. The molecule has 1 amide bonds. The van der Waals surface area contributed by atoms with Crippen molar-refractivity contribution in [3.8, 4) is 17.2 Å². The van der Waals surface area contributed by atoms with Crippen LogP contribution in [-0.4, -0.2) is 39.8 Å². The van der Waals surface area contributed by atoms with Gasteiger partial charge in [-0.15, -0.1) is 0 Å². The van der Waals surface area contributed by atoms with Gasteiger partial charge in [-0.05, 0) is 62.9 Å². The van der Waals surface area contributed by atoms with E-state index in [0.717, 1.165) is 24.2 Å². The van der Waals surface area contributed by atoms with Gasteiger partial charge in [0.25, 0.3) is 5.91 Å². The van der Waals surface area contributed by atoms with Gasteiger partial charge < -0.3 is 30.2 Å². The molecule has 3 rings (SSSR count). The largest absolute Gasteiger partial charge is 0.493 e. The van der Waals surface area contributed by atoms with Gasteiger partial charge in [0, 0.05) is 23.8 Å². The molecule has 7 nitrogen and oxygen atoms in total. The van der Waals surface area contributed by atoms with Crippen molar-refractivity contribution < 1.29 is 19.0 Å². The number of amides is 1. The fourth-order valence-corrected chi connectivity index (χ4v) is 4.00. The molecule has 1 aliphatic rings. The van der Waals surface area contributed by atoms with Crippen LogP contribution in [0.2, 0.25) is 0 Å². The molecule has 0 radical (unpaired) electrons. The summed E-state index contributed by atoms with van der Waals surface area (Å²) in [4.78, 5) is 15.4. The number of nitrogen functional groups attached to an aromatic ring is 1. The molecule has 1 saturated heterocycles. The van der Waals surface area contributed by atoms with Crippen LogP contribution in [0, 0.1) is 6.92 Å². The van der Waals surface area contributed by atoms with E-state index in [1.807, 2.05) is 12.1 Å². The first-order chi connectivity index (χ1) is 14.4. The molecule has 162 valence electrons. The Labute approximate surface area is 178 Å². The molecule has 1 aliphatic heterocycles. The molecule has 0 bridgehead atoms. The van der Waals surface area contributed by atoms with Crippen molar-refractivity contribution in [2.24, 2.45) is 0 Å². The molecular weight excluding hydrogens is 382 g/mol. The summed E-state index contributed by atoms with van der Waals surface area (Å²) in [6, 6.07) is 7.59. The van der Waals surface area contributed by atoms with Crippen LogP contribution in [0.4, 0.5) is 17.1 Å². The molecule has 0 spiro atoms. The number of hydrogen-bond acceptors (Lipinski definition) is 6. The third-order valence-electron chi connectivity index (χ3n) is 5.66. The average molecular weight is 414 g/mol. The average Bonchev–Trinajstić information content (AvgIpc) is 2.75. The van der Waals surface area contributed by atoms with Crippen LogP contribution in [-0.2, 0) is 0 Å². The number of aryl methyl sites for hydroxylation is 1. The van der Waals surface area contributed by atoms with Crippen LogP contribution in [0.3, 0.4) is 0 Å². The van der Waals surface area contributed by atoms with Crippen molar-refractivity contribution in [2.45, 2.75) is 39.2 Å². The summed E-state index contributed by atoms with van der Waals surface area (Å²) in [5, 5.41) is 2.95. The molecule has 30 heavy (non-hydrogen) atoms. The lowest BCUT2D eigenvalue weighted by Gasteiger charge is -2.36. The minimum atomic E-state index is -0.303. The second-order valence-corrected chi connectivity index (χ2v) is 7.63. The number of nitrogens with zero attached hydrogens (tertiary/aromatic N) is 1. The van der Waals surface area contributed by atoms with Crippen LogP contribution in [0.25, 0.3) is 0 Å². The van der Waals surface area contributed by atoms with Gasteiger partial charge in [0.1, 0.15) is 0 Å². The van der Waals surface area contributed by atoms with Crippen LogP contribution in [0.15, 0.2) is 24.3 Å². The van der Waals surface area contributed by atoms with E-state index in [4.69, 9.17) is 19.9 Å². The zero-order valence-corrected chi connectivity index (χ0v) is 18.4. The van der Waals surface area contributed by atoms with Crippen molar-refractivity contribution >= 4 is 23.0 Å². The summed E-state index contributed by atoms with van der Waals surface area (Å²) in [7, 11) is 4.56. The number of piperidine rings is 1. The molecule has 2 aromatic carbocycles. The van der Waals surface area contributed by atoms with E-state index in [1.165, 1.54) is 34.2 Å². The molecule has 1 atom stereocenters. The summed E-state index contributed by atoms with van der Waals surface area (Å²) in [6.07, 6.45) is 3.58. The number of nitrogens with two attached hydrogens (primary N) is 1. The molecule has 1 heterocycles. The highest BCUT2D eigenvalue weighted by atomic mass is 16.5. The maximum atomic E-state index is 13.0. The van der Waals surface area contributed by atoms with Gasteiger partial charge in [0.2, 0.25) is 5.75 Å². The smallest absolute Gasteiger partial charge is 0.255 e. The predicted molar refractivity (Wildman–Crippen MR) is 120 cm³/mol. The maximum Gasteiger partial charge on any atom is 0.255 e. The number of nitrogens with one attached hydrogen (secondary N) is 1. The highest BCUT2D eigenvalue weighted by molar-refractivity contribution is 6.07. The third kappa shape index (κ3) is 4.25. The van der Waals surface area contributed by atoms with Gasteiger partial charge in [-0.2, -0.15) is 0 Å². The minimum Gasteiger partial charge on any atom is -0.493 e. The molecule has 3 N–H and O–H groups in total. The van der Waals surface area contributed by atoms with Crippen LogP contribution >= 0.6 is 0 Å². The number of ether oxygens (including phenoxy) is 3. The Balaban J connectivity index is 1.92. The second-order valence-electron chi connectivity index (χ2n) is 7.63. The summed E-state index contributed by atoms with van der Waals surface area (Å²) < 4.78 is 16.0. The highest BCUT2D eigenvalue weighted by Crippen LogP contribution is 2.39. The Morgan fingerprint density at radius 1 is 1.07 bits per heavy atom. The van der Waals surface area contributed by atoms with Crippen LogP contribution < -0.4 is 30.2 Å². The van der Waals surface area contributed by atoms with E-state index in [-0.39, 0.29) is 5.91 Å². The quantitative estimate of drug-likeness (QED) is 0.689. The topological polar surface area (TPSA) is 86.1 Å². The van der Waals surface area contributed by atoms with E-state index in [2.05, 4.69) is 24.1 Å². The van der Waals surface area contributed by atoms with Crippen molar-refractivity contribution in [3.05, 3.63) is 35.4 Å². The number of carbonyl (C=O) groups is 1. The molecule has 0 unspecified atom stereocenters. The number of rotatable bonds is 6. The first-order valence-electron chi connectivity index (χ1n) is 10.2. The molecule has 0 saturated carbocycles. The fraction of sp³-hybridized carbons (Fsp3) is 0.435. The van der Waals surface area contributed by atoms with E-state index in [9.17, 15) is 4.79 Å². The second kappa shape index (κ2) is 9.15. The summed E-state index contributed by atoms with van der Waals surface area (Å²) in [5.74, 6) is 0.971.